The summed E-state index contributed by atoms with van der Waals surface area (Å²) in [5.74, 6) is 0. The van der Waals surface area contributed by atoms with Gasteiger partial charge in [-0.2, -0.15) is 0 Å². The number of piperidine rings is 1. The van der Waals surface area contributed by atoms with Crippen molar-refractivity contribution in [3.8, 4) is 0 Å². The van der Waals surface area contributed by atoms with Gasteiger partial charge in [0.2, 0.25) is 0 Å². The van der Waals surface area contributed by atoms with Crippen LogP contribution in [0.25, 0.3) is 0 Å². The van der Waals surface area contributed by atoms with Crippen molar-refractivity contribution in [1.29, 1.82) is 0 Å². The minimum atomic E-state index is 0.219. The Morgan fingerprint density at radius 2 is 1.67 bits per heavy atom. The molecule has 2 nitrogen and oxygen atoms in total. The zero-order valence-electron chi connectivity index (χ0n) is 11.1. The van der Waals surface area contributed by atoms with E-state index in [9.17, 15) is 0 Å². The van der Waals surface area contributed by atoms with Crippen molar-refractivity contribution >= 4 is 0 Å². The highest BCUT2D eigenvalue weighted by atomic mass is 15.2. The van der Waals surface area contributed by atoms with E-state index in [1.54, 1.807) is 0 Å². The molecule has 0 saturated carbocycles. The maximum Gasteiger partial charge on any atom is 0.0217 e. The average Bonchev–Trinajstić information content (AvgIpc) is 2.09. The predicted octanol–water partition coefficient (Wildman–Crippen LogP) is 2.62. The van der Waals surface area contributed by atoms with Crippen molar-refractivity contribution in [2.24, 2.45) is 11.1 Å². The van der Waals surface area contributed by atoms with Gasteiger partial charge in [0.15, 0.2) is 0 Å². The fourth-order valence-electron chi connectivity index (χ4n) is 2.34. The number of hydrogen-bond donors (Lipinski definition) is 1. The van der Waals surface area contributed by atoms with E-state index < -0.39 is 0 Å². The molecular weight excluding hydrogens is 184 g/mol. The zero-order valence-corrected chi connectivity index (χ0v) is 11.1. The van der Waals surface area contributed by atoms with Crippen molar-refractivity contribution in [2.75, 3.05) is 6.54 Å². The molecule has 0 aliphatic carbocycles. The van der Waals surface area contributed by atoms with Crippen LogP contribution in [0.15, 0.2) is 0 Å². The molecular formula is C13H28N2. The van der Waals surface area contributed by atoms with Crippen LogP contribution in [0, 0.1) is 5.41 Å². The Balaban J connectivity index is 2.55. The Kier molecular flexibility index (Phi) is 4.19. The second-order valence-electron chi connectivity index (χ2n) is 6.30. The predicted molar refractivity (Wildman–Crippen MR) is 66.9 cm³/mol. The molecule has 0 spiro atoms. The monoisotopic (exact) mass is 212 g/mol. The van der Waals surface area contributed by atoms with Gasteiger partial charge in [-0.3, -0.25) is 4.90 Å². The van der Waals surface area contributed by atoms with Crippen LogP contribution in [-0.4, -0.2) is 29.6 Å². The molecule has 15 heavy (non-hydrogen) atoms. The van der Waals surface area contributed by atoms with Gasteiger partial charge in [0.25, 0.3) is 0 Å². The lowest BCUT2D eigenvalue weighted by molar-refractivity contribution is 0.0789. The topological polar surface area (TPSA) is 29.3 Å². The minimum Gasteiger partial charge on any atom is -0.326 e. The maximum absolute atomic E-state index is 6.26. The van der Waals surface area contributed by atoms with Crippen LogP contribution < -0.4 is 5.73 Å². The largest absolute Gasteiger partial charge is 0.326 e. The van der Waals surface area contributed by atoms with E-state index in [-0.39, 0.29) is 11.5 Å². The minimum absolute atomic E-state index is 0.219. The second-order valence-corrected chi connectivity index (χ2v) is 6.30. The van der Waals surface area contributed by atoms with E-state index in [1.807, 2.05) is 0 Å². The first-order chi connectivity index (χ1) is 6.82. The molecule has 3 unspecified atom stereocenters. The van der Waals surface area contributed by atoms with E-state index in [2.05, 4.69) is 39.5 Å². The van der Waals surface area contributed by atoms with Gasteiger partial charge >= 0.3 is 0 Å². The lowest BCUT2D eigenvalue weighted by atomic mass is 9.85. The van der Waals surface area contributed by atoms with Gasteiger partial charge in [-0.25, -0.2) is 0 Å². The smallest absolute Gasteiger partial charge is 0.0217 e. The lowest BCUT2D eigenvalue weighted by Crippen LogP contribution is -2.52. The van der Waals surface area contributed by atoms with Gasteiger partial charge in [0.05, 0.1) is 0 Å². The maximum atomic E-state index is 6.26. The highest BCUT2D eigenvalue weighted by Crippen LogP contribution is 2.25. The van der Waals surface area contributed by atoms with Gasteiger partial charge < -0.3 is 5.73 Å². The number of nitrogens with two attached hydrogens (primary N) is 1. The first-order valence-corrected chi connectivity index (χ1v) is 6.33. The summed E-state index contributed by atoms with van der Waals surface area (Å²) < 4.78 is 0. The summed E-state index contributed by atoms with van der Waals surface area (Å²) in [4.78, 5) is 2.60. The fraction of sp³-hybridized carbons (Fsp3) is 1.00. The summed E-state index contributed by atoms with van der Waals surface area (Å²) >= 11 is 0. The third-order valence-electron chi connectivity index (χ3n) is 3.90. The molecule has 0 amide bonds. The third-order valence-corrected chi connectivity index (χ3v) is 3.90. The van der Waals surface area contributed by atoms with E-state index >= 15 is 0 Å². The molecule has 2 N–H and O–H groups in total. The molecule has 90 valence electrons. The first-order valence-electron chi connectivity index (χ1n) is 6.33. The number of rotatable bonds is 2. The molecule has 3 atom stereocenters. The average molecular weight is 212 g/mol. The number of hydrogen-bond acceptors (Lipinski definition) is 2. The van der Waals surface area contributed by atoms with Crippen molar-refractivity contribution < 1.29 is 0 Å². The summed E-state index contributed by atoms with van der Waals surface area (Å²) in [7, 11) is 0. The normalized spacial score (nSPS) is 31.6. The lowest BCUT2D eigenvalue weighted by Gasteiger charge is -2.42. The van der Waals surface area contributed by atoms with Crippen molar-refractivity contribution in [3.05, 3.63) is 0 Å². The first kappa shape index (κ1) is 13.0. The SMILES string of the molecule is CC1CCCC(C)N1CC(N)C(C)(C)C. The molecule has 0 aromatic heterocycles. The highest BCUT2D eigenvalue weighted by Gasteiger charge is 2.29. The molecule has 1 heterocycles. The Bertz CT molecular complexity index is 185. The van der Waals surface area contributed by atoms with Crippen LogP contribution in [0.4, 0.5) is 0 Å². The summed E-state index contributed by atoms with van der Waals surface area (Å²) in [6, 6.07) is 1.70. The summed E-state index contributed by atoms with van der Waals surface area (Å²) in [5, 5.41) is 0. The Morgan fingerprint density at radius 3 is 2.07 bits per heavy atom. The number of likely N-dealkylation sites (tertiary alicyclic amines) is 1. The molecule has 2 heteroatoms. The van der Waals surface area contributed by atoms with Crippen LogP contribution >= 0.6 is 0 Å². The van der Waals surface area contributed by atoms with E-state index in [1.165, 1.54) is 19.3 Å². The van der Waals surface area contributed by atoms with Crippen LogP contribution in [0.3, 0.4) is 0 Å². The standard InChI is InChI=1S/C13H28N2/c1-10-7-6-8-11(2)15(10)9-12(14)13(3,4)5/h10-12H,6-9,14H2,1-5H3. The van der Waals surface area contributed by atoms with Crippen LogP contribution in [-0.2, 0) is 0 Å². The molecule has 1 aliphatic rings. The van der Waals surface area contributed by atoms with Gasteiger partial charge in [-0.1, -0.05) is 27.2 Å². The van der Waals surface area contributed by atoms with Crippen molar-refractivity contribution in [2.45, 2.75) is 72.0 Å². The quantitative estimate of drug-likeness (QED) is 0.762. The van der Waals surface area contributed by atoms with E-state index in [0.29, 0.717) is 12.1 Å². The zero-order chi connectivity index (χ0) is 11.6. The third kappa shape index (κ3) is 3.46. The molecule has 1 rings (SSSR count). The van der Waals surface area contributed by atoms with E-state index in [0.717, 1.165) is 6.54 Å². The molecule has 1 fully saturated rings. The molecule has 0 radical (unpaired) electrons. The summed E-state index contributed by atoms with van der Waals surface area (Å²) in [6.45, 7) is 12.4. The van der Waals surface area contributed by atoms with Crippen LogP contribution in [0.2, 0.25) is 0 Å². The molecule has 0 bridgehead atoms. The van der Waals surface area contributed by atoms with Gasteiger partial charge in [-0.05, 0) is 32.1 Å². The molecule has 1 aliphatic heterocycles. The Labute approximate surface area is 95.2 Å². The van der Waals surface area contributed by atoms with Crippen molar-refractivity contribution in [3.63, 3.8) is 0 Å². The fourth-order valence-corrected chi connectivity index (χ4v) is 2.34. The van der Waals surface area contributed by atoms with Crippen LogP contribution in [0.5, 0.6) is 0 Å². The Hall–Kier alpha value is -0.0800. The molecule has 1 saturated heterocycles. The summed E-state index contributed by atoms with van der Waals surface area (Å²) in [5.41, 5.74) is 6.48. The van der Waals surface area contributed by atoms with E-state index in [4.69, 9.17) is 5.73 Å². The molecule has 0 aromatic rings. The Morgan fingerprint density at radius 1 is 1.20 bits per heavy atom. The van der Waals surface area contributed by atoms with Crippen molar-refractivity contribution in [1.82, 2.24) is 4.90 Å². The summed E-state index contributed by atoms with van der Waals surface area (Å²) in [6.07, 6.45) is 4.05. The highest BCUT2D eigenvalue weighted by molar-refractivity contribution is 4.86. The van der Waals surface area contributed by atoms with Gasteiger partial charge in [0.1, 0.15) is 0 Å². The van der Waals surface area contributed by atoms with Crippen LogP contribution in [0.1, 0.15) is 53.9 Å². The van der Waals surface area contributed by atoms with Gasteiger partial charge in [-0.15, -0.1) is 0 Å². The second kappa shape index (κ2) is 4.84. The van der Waals surface area contributed by atoms with Gasteiger partial charge in [0, 0.05) is 24.7 Å². The number of nitrogens with zero attached hydrogens (tertiary/aromatic N) is 1. The molecule has 0 aromatic carbocycles.